The van der Waals surface area contributed by atoms with E-state index in [2.05, 4.69) is 13.0 Å². The molecule has 1 fully saturated rings. The molecule has 138 valence electrons. The summed E-state index contributed by atoms with van der Waals surface area (Å²) in [5.74, 6) is 1.60. The van der Waals surface area contributed by atoms with Gasteiger partial charge in [-0.15, -0.1) is 0 Å². The Labute approximate surface area is 155 Å². The second-order valence-corrected chi connectivity index (χ2v) is 7.43. The van der Waals surface area contributed by atoms with Crippen LogP contribution < -0.4 is 4.74 Å². The number of carbonyl (C=O) groups is 1. The van der Waals surface area contributed by atoms with Crippen LogP contribution >= 0.6 is 0 Å². The Kier molecular flexibility index (Phi) is 6.32. The zero-order valence-electron chi connectivity index (χ0n) is 15.5. The minimum atomic E-state index is -0.933. The summed E-state index contributed by atoms with van der Waals surface area (Å²) in [6, 6.07) is 12.1. The molecule has 26 heavy (non-hydrogen) atoms. The Balaban J connectivity index is 1.57. The van der Waals surface area contributed by atoms with Crippen molar-refractivity contribution in [2.24, 2.45) is 11.8 Å². The van der Waals surface area contributed by atoms with Gasteiger partial charge in [0.2, 0.25) is 0 Å². The van der Waals surface area contributed by atoms with Gasteiger partial charge in [0, 0.05) is 6.08 Å². The van der Waals surface area contributed by atoms with Crippen molar-refractivity contribution in [2.75, 3.05) is 6.61 Å². The number of carboxylic acid groups (broad SMARTS) is 1. The Hall–Kier alpha value is -2.29. The van der Waals surface area contributed by atoms with Gasteiger partial charge in [0.05, 0.1) is 6.61 Å². The number of rotatable bonds is 7. The molecule has 0 aliphatic heterocycles. The van der Waals surface area contributed by atoms with Crippen molar-refractivity contribution in [1.82, 2.24) is 0 Å². The van der Waals surface area contributed by atoms with Crippen LogP contribution in [0.3, 0.4) is 0 Å². The standard InChI is InChI=1S/C23H28O3/c1-2-3-17-4-6-19(7-5-17)16-26-22-12-11-20-14-18(9-13-23(24)25)8-10-21(20)15-22/h8-15,17,19H,2-7,16H2,1H3,(H,24,25)/t17-,19-. The van der Waals surface area contributed by atoms with Crippen molar-refractivity contribution in [2.45, 2.75) is 45.4 Å². The van der Waals surface area contributed by atoms with Gasteiger partial charge in [-0.25, -0.2) is 4.79 Å². The van der Waals surface area contributed by atoms with E-state index in [0.717, 1.165) is 40.7 Å². The molecule has 1 saturated carbocycles. The number of ether oxygens (including phenoxy) is 1. The minimum absolute atomic E-state index is 0.683. The molecule has 0 heterocycles. The molecule has 1 N–H and O–H groups in total. The Morgan fingerprint density at radius 3 is 2.50 bits per heavy atom. The topological polar surface area (TPSA) is 46.5 Å². The maximum atomic E-state index is 10.6. The monoisotopic (exact) mass is 352 g/mol. The molecule has 0 saturated heterocycles. The van der Waals surface area contributed by atoms with Gasteiger partial charge < -0.3 is 9.84 Å². The molecule has 0 amide bonds. The highest BCUT2D eigenvalue weighted by Crippen LogP contribution is 2.32. The molecule has 0 atom stereocenters. The predicted octanol–water partition coefficient (Wildman–Crippen LogP) is 5.92. The molecule has 0 unspecified atom stereocenters. The van der Waals surface area contributed by atoms with Crippen LogP contribution in [0.4, 0.5) is 0 Å². The summed E-state index contributed by atoms with van der Waals surface area (Å²) in [5.41, 5.74) is 0.886. The van der Waals surface area contributed by atoms with Crippen molar-refractivity contribution < 1.29 is 14.6 Å². The van der Waals surface area contributed by atoms with E-state index in [1.54, 1.807) is 6.08 Å². The lowest BCUT2D eigenvalue weighted by molar-refractivity contribution is -0.131. The largest absolute Gasteiger partial charge is 0.493 e. The second-order valence-electron chi connectivity index (χ2n) is 7.43. The van der Waals surface area contributed by atoms with Crippen LogP contribution in [0.5, 0.6) is 5.75 Å². The molecule has 3 rings (SSSR count). The second kappa shape index (κ2) is 8.88. The lowest BCUT2D eigenvalue weighted by atomic mass is 9.80. The van der Waals surface area contributed by atoms with Gasteiger partial charge in [0.1, 0.15) is 5.75 Å². The van der Waals surface area contributed by atoms with Crippen LogP contribution in [0.2, 0.25) is 0 Å². The van der Waals surface area contributed by atoms with Crippen molar-refractivity contribution in [3.63, 3.8) is 0 Å². The summed E-state index contributed by atoms with van der Waals surface area (Å²) in [7, 11) is 0. The van der Waals surface area contributed by atoms with E-state index in [1.807, 2.05) is 30.3 Å². The maximum Gasteiger partial charge on any atom is 0.328 e. The zero-order chi connectivity index (χ0) is 18.4. The molecular formula is C23H28O3. The molecular weight excluding hydrogens is 324 g/mol. The van der Waals surface area contributed by atoms with E-state index < -0.39 is 5.97 Å². The third-order valence-electron chi connectivity index (χ3n) is 5.40. The lowest BCUT2D eigenvalue weighted by Gasteiger charge is -2.28. The molecule has 1 aliphatic carbocycles. The van der Waals surface area contributed by atoms with Gasteiger partial charge in [-0.3, -0.25) is 0 Å². The van der Waals surface area contributed by atoms with Crippen LogP contribution in [0, 0.1) is 11.8 Å². The summed E-state index contributed by atoms with van der Waals surface area (Å²) in [4.78, 5) is 10.6. The van der Waals surface area contributed by atoms with E-state index in [0.29, 0.717) is 5.92 Å². The maximum absolute atomic E-state index is 10.6. The molecule has 0 bridgehead atoms. The average molecular weight is 352 g/mol. The first-order chi connectivity index (χ1) is 12.6. The number of hydrogen-bond acceptors (Lipinski definition) is 2. The van der Waals surface area contributed by atoms with E-state index in [9.17, 15) is 4.79 Å². The van der Waals surface area contributed by atoms with Crippen LogP contribution in [-0.2, 0) is 4.79 Å². The lowest BCUT2D eigenvalue weighted by Crippen LogP contribution is -2.20. The molecule has 0 spiro atoms. The fraction of sp³-hybridized carbons (Fsp3) is 0.435. The number of aliphatic carboxylic acids is 1. The summed E-state index contributed by atoms with van der Waals surface area (Å²) in [6.45, 7) is 3.09. The summed E-state index contributed by atoms with van der Waals surface area (Å²) in [6.07, 6.45) is 10.7. The average Bonchev–Trinajstić information content (AvgIpc) is 2.66. The number of fused-ring (bicyclic) bond motifs is 1. The van der Waals surface area contributed by atoms with Crippen molar-refractivity contribution in [1.29, 1.82) is 0 Å². The highest BCUT2D eigenvalue weighted by molar-refractivity contribution is 5.89. The third kappa shape index (κ3) is 5.10. The van der Waals surface area contributed by atoms with Gasteiger partial charge in [-0.05, 0) is 65.3 Å². The highest BCUT2D eigenvalue weighted by atomic mass is 16.5. The number of benzene rings is 2. The minimum Gasteiger partial charge on any atom is -0.493 e. The first-order valence-electron chi connectivity index (χ1n) is 9.71. The normalized spacial score (nSPS) is 20.5. The van der Waals surface area contributed by atoms with E-state index in [4.69, 9.17) is 9.84 Å². The van der Waals surface area contributed by atoms with Crippen LogP contribution in [0.1, 0.15) is 51.0 Å². The fourth-order valence-electron chi connectivity index (χ4n) is 3.91. The van der Waals surface area contributed by atoms with Gasteiger partial charge in [0.15, 0.2) is 0 Å². The van der Waals surface area contributed by atoms with Crippen LogP contribution in [-0.4, -0.2) is 17.7 Å². The summed E-state index contributed by atoms with van der Waals surface area (Å²) < 4.78 is 6.07. The van der Waals surface area contributed by atoms with Gasteiger partial charge in [-0.1, -0.05) is 50.8 Å². The van der Waals surface area contributed by atoms with Gasteiger partial charge in [0.25, 0.3) is 0 Å². The quantitative estimate of drug-likeness (QED) is 0.629. The Morgan fingerprint density at radius 2 is 1.77 bits per heavy atom. The number of hydrogen-bond donors (Lipinski definition) is 1. The van der Waals surface area contributed by atoms with Gasteiger partial charge >= 0.3 is 5.97 Å². The highest BCUT2D eigenvalue weighted by Gasteiger charge is 2.20. The van der Waals surface area contributed by atoms with Crippen molar-refractivity contribution in [3.05, 3.63) is 48.0 Å². The fourth-order valence-corrected chi connectivity index (χ4v) is 3.91. The molecule has 0 aromatic heterocycles. The molecule has 3 nitrogen and oxygen atoms in total. The first kappa shape index (κ1) is 18.5. The summed E-state index contributed by atoms with van der Waals surface area (Å²) >= 11 is 0. The smallest absolute Gasteiger partial charge is 0.328 e. The van der Waals surface area contributed by atoms with Gasteiger partial charge in [-0.2, -0.15) is 0 Å². The Bertz CT molecular complexity index is 770. The predicted molar refractivity (Wildman–Crippen MR) is 106 cm³/mol. The van der Waals surface area contributed by atoms with Crippen LogP contribution in [0.15, 0.2) is 42.5 Å². The van der Waals surface area contributed by atoms with E-state index >= 15 is 0 Å². The zero-order valence-corrected chi connectivity index (χ0v) is 15.5. The third-order valence-corrected chi connectivity index (χ3v) is 5.40. The Morgan fingerprint density at radius 1 is 1.08 bits per heavy atom. The summed E-state index contributed by atoms with van der Waals surface area (Å²) in [5, 5.41) is 10.9. The van der Waals surface area contributed by atoms with E-state index in [-0.39, 0.29) is 0 Å². The van der Waals surface area contributed by atoms with E-state index in [1.165, 1.54) is 38.5 Å². The molecule has 1 aliphatic rings. The molecule has 0 radical (unpaired) electrons. The molecule has 2 aromatic carbocycles. The first-order valence-corrected chi connectivity index (χ1v) is 9.71. The molecule has 2 aromatic rings. The molecule has 3 heteroatoms. The SMILES string of the molecule is CCC[C@H]1CC[C@H](COc2ccc3cc(C=CC(=O)O)ccc3c2)CC1. The number of carboxylic acids is 1. The van der Waals surface area contributed by atoms with Crippen molar-refractivity contribution >= 4 is 22.8 Å². The van der Waals surface area contributed by atoms with Crippen molar-refractivity contribution in [3.8, 4) is 5.75 Å². The van der Waals surface area contributed by atoms with Crippen LogP contribution in [0.25, 0.3) is 16.8 Å².